The summed E-state index contributed by atoms with van der Waals surface area (Å²) in [4.78, 5) is 23.4. The van der Waals surface area contributed by atoms with Gasteiger partial charge in [-0.1, -0.05) is 12.1 Å². The quantitative estimate of drug-likeness (QED) is 0.685. The summed E-state index contributed by atoms with van der Waals surface area (Å²) in [6, 6.07) is 3.12. The predicted octanol–water partition coefficient (Wildman–Crippen LogP) is 0.379. The highest BCUT2D eigenvalue weighted by atomic mass is 19.2. The average molecular weight is 313 g/mol. The van der Waals surface area contributed by atoms with Gasteiger partial charge >= 0.3 is 5.97 Å². The second kappa shape index (κ2) is 7.28. The van der Waals surface area contributed by atoms with Crippen LogP contribution in [-0.4, -0.2) is 30.7 Å². The number of hydrazine groups is 1. The Labute approximate surface area is 126 Å². The van der Waals surface area contributed by atoms with Crippen molar-refractivity contribution in [1.82, 2.24) is 16.2 Å². The van der Waals surface area contributed by atoms with Crippen LogP contribution in [0.5, 0.6) is 0 Å². The number of nitrogens with one attached hydrogen (secondary N) is 3. The van der Waals surface area contributed by atoms with Gasteiger partial charge in [-0.2, -0.15) is 0 Å². The molecule has 0 aromatic heterocycles. The molecule has 8 heteroatoms. The highest BCUT2D eigenvalue weighted by Crippen LogP contribution is 2.12. The van der Waals surface area contributed by atoms with Crippen molar-refractivity contribution in [3.8, 4) is 0 Å². The molecule has 1 aromatic carbocycles. The van der Waals surface area contributed by atoms with E-state index < -0.39 is 35.7 Å². The SMILES string of the molecule is CCOC(=O)C1CC(NC(=O)Cc2cccc(F)c2F)NN1. The number of esters is 1. The Hall–Kier alpha value is -2.06. The standard InChI is InChI=1S/C14H17F2N3O3/c1-2-22-14(21)10-7-11(19-18-10)17-12(20)6-8-4-3-5-9(15)13(8)16/h3-5,10-11,18-19H,2,6-7H2,1H3,(H,17,20). The fraction of sp³-hybridized carbons (Fsp3) is 0.429. The number of carbonyl (C=O) groups is 2. The van der Waals surface area contributed by atoms with E-state index in [9.17, 15) is 18.4 Å². The number of carbonyl (C=O) groups excluding carboxylic acids is 2. The highest BCUT2D eigenvalue weighted by molar-refractivity contribution is 5.79. The van der Waals surface area contributed by atoms with Crippen LogP contribution in [0.2, 0.25) is 0 Å². The molecule has 1 amide bonds. The molecule has 1 fully saturated rings. The Morgan fingerprint density at radius 2 is 2.14 bits per heavy atom. The first-order valence-corrected chi connectivity index (χ1v) is 6.91. The first kappa shape index (κ1) is 16.3. The zero-order chi connectivity index (χ0) is 16.1. The molecule has 0 spiro atoms. The second-order valence-electron chi connectivity index (χ2n) is 4.84. The third-order valence-electron chi connectivity index (χ3n) is 3.19. The van der Waals surface area contributed by atoms with Gasteiger partial charge in [0.25, 0.3) is 0 Å². The van der Waals surface area contributed by atoms with E-state index in [0.29, 0.717) is 6.42 Å². The van der Waals surface area contributed by atoms with Gasteiger partial charge in [0, 0.05) is 12.0 Å². The minimum absolute atomic E-state index is 0.0228. The predicted molar refractivity (Wildman–Crippen MR) is 73.3 cm³/mol. The van der Waals surface area contributed by atoms with Crippen LogP contribution in [0.3, 0.4) is 0 Å². The lowest BCUT2D eigenvalue weighted by Gasteiger charge is -2.12. The van der Waals surface area contributed by atoms with Crippen LogP contribution in [0, 0.1) is 11.6 Å². The van der Waals surface area contributed by atoms with Crippen LogP contribution in [0.25, 0.3) is 0 Å². The fourth-order valence-electron chi connectivity index (χ4n) is 2.15. The summed E-state index contributed by atoms with van der Waals surface area (Å²) in [5.74, 6) is -2.91. The number of rotatable bonds is 5. The number of ether oxygens (including phenoxy) is 1. The van der Waals surface area contributed by atoms with E-state index in [0.717, 1.165) is 6.07 Å². The average Bonchev–Trinajstić information content (AvgIpc) is 2.92. The zero-order valence-electron chi connectivity index (χ0n) is 12.0. The Morgan fingerprint density at radius 3 is 2.86 bits per heavy atom. The lowest BCUT2D eigenvalue weighted by Crippen LogP contribution is -2.45. The minimum Gasteiger partial charge on any atom is -0.465 e. The Balaban J connectivity index is 1.86. The van der Waals surface area contributed by atoms with Crippen molar-refractivity contribution < 1.29 is 23.1 Å². The van der Waals surface area contributed by atoms with E-state index >= 15 is 0 Å². The van der Waals surface area contributed by atoms with Crippen molar-refractivity contribution in [1.29, 1.82) is 0 Å². The van der Waals surface area contributed by atoms with Crippen LogP contribution in [0.15, 0.2) is 18.2 Å². The van der Waals surface area contributed by atoms with E-state index in [4.69, 9.17) is 4.74 Å². The molecule has 1 aliphatic rings. The Bertz CT molecular complexity index is 568. The summed E-state index contributed by atoms with van der Waals surface area (Å²) >= 11 is 0. The van der Waals surface area contributed by atoms with Gasteiger partial charge in [0.1, 0.15) is 6.04 Å². The third-order valence-corrected chi connectivity index (χ3v) is 3.19. The highest BCUT2D eigenvalue weighted by Gasteiger charge is 2.31. The maximum Gasteiger partial charge on any atom is 0.324 e. The molecule has 0 radical (unpaired) electrons. The molecular formula is C14H17F2N3O3. The molecule has 1 saturated heterocycles. The molecule has 3 N–H and O–H groups in total. The summed E-state index contributed by atoms with van der Waals surface area (Å²) in [5.41, 5.74) is 5.42. The van der Waals surface area contributed by atoms with Crippen LogP contribution < -0.4 is 16.2 Å². The first-order chi connectivity index (χ1) is 10.5. The topological polar surface area (TPSA) is 79.5 Å². The summed E-state index contributed by atoms with van der Waals surface area (Å²) in [5, 5.41) is 2.59. The van der Waals surface area contributed by atoms with Crippen molar-refractivity contribution in [2.45, 2.75) is 32.0 Å². The van der Waals surface area contributed by atoms with Crippen molar-refractivity contribution in [3.05, 3.63) is 35.4 Å². The lowest BCUT2D eigenvalue weighted by atomic mass is 10.1. The molecule has 2 unspecified atom stereocenters. The third kappa shape index (κ3) is 3.99. The molecule has 0 bridgehead atoms. The van der Waals surface area contributed by atoms with Crippen LogP contribution in [-0.2, 0) is 20.7 Å². The minimum atomic E-state index is -1.03. The fourth-order valence-corrected chi connectivity index (χ4v) is 2.15. The second-order valence-corrected chi connectivity index (χ2v) is 4.84. The van der Waals surface area contributed by atoms with E-state index in [1.54, 1.807) is 6.92 Å². The maximum absolute atomic E-state index is 13.5. The van der Waals surface area contributed by atoms with Crippen molar-refractivity contribution in [2.24, 2.45) is 0 Å². The smallest absolute Gasteiger partial charge is 0.324 e. The summed E-state index contributed by atoms with van der Waals surface area (Å²) in [6.07, 6.45) is -0.472. The van der Waals surface area contributed by atoms with Gasteiger partial charge in [0.2, 0.25) is 5.91 Å². The van der Waals surface area contributed by atoms with Crippen molar-refractivity contribution in [2.75, 3.05) is 6.61 Å². The molecule has 120 valence electrons. The van der Waals surface area contributed by atoms with E-state index in [-0.39, 0.29) is 18.6 Å². The molecule has 2 rings (SSSR count). The van der Waals surface area contributed by atoms with Crippen molar-refractivity contribution in [3.63, 3.8) is 0 Å². The van der Waals surface area contributed by atoms with Gasteiger partial charge in [-0.25, -0.2) is 19.6 Å². The van der Waals surface area contributed by atoms with Crippen LogP contribution >= 0.6 is 0 Å². The number of amides is 1. The van der Waals surface area contributed by atoms with Gasteiger partial charge in [-0.05, 0) is 13.0 Å². The summed E-state index contributed by atoms with van der Waals surface area (Å²) in [6.45, 7) is 1.97. The van der Waals surface area contributed by atoms with Crippen LogP contribution in [0.1, 0.15) is 18.9 Å². The zero-order valence-corrected chi connectivity index (χ0v) is 12.0. The van der Waals surface area contributed by atoms with Gasteiger partial charge in [-0.15, -0.1) is 0 Å². The summed E-state index contributed by atoms with van der Waals surface area (Å²) < 4.78 is 31.4. The number of halogens is 2. The van der Waals surface area contributed by atoms with E-state index in [1.807, 2.05) is 0 Å². The molecule has 1 aromatic rings. The molecule has 22 heavy (non-hydrogen) atoms. The number of hydrogen-bond acceptors (Lipinski definition) is 5. The van der Waals surface area contributed by atoms with Gasteiger partial charge < -0.3 is 10.1 Å². The molecule has 6 nitrogen and oxygen atoms in total. The molecule has 1 aliphatic heterocycles. The monoisotopic (exact) mass is 313 g/mol. The molecule has 2 atom stereocenters. The Morgan fingerprint density at radius 1 is 1.36 bits per heavy atom. The Kier molecular flexibility index (Phi) is 5.40. The lowest BCUT2D eigenvalue weighted by molar-refractivity contribution is -0.145. The number of benzene rings is 1. The maximum atomic E-state index is 13.5. The van der Waals surface area contributed by atoms with Gasteiger partial charge in [-0.3, -0.25) is 9.59 Å². The van der Waals surface area contributed by atoms with E-state index in [1.165, 1.54) is 12.1 Å². The van der Waals surface area contributed by atoms with Gasteiger partial charge in [0.15, 0.2) is 11.6 Å². The molecule has 1 heterocycles. The van der Waals surface area contributed by atoms with Crippen LogP contribution in [0.4, 0.5) is 8.78 Å². The molecule has 0 aliphatic carbocycles. The van der Waals surface area contributed by atoms with Gasteiger partial charge in [0.05, 0.1) is 19.2 Å². The first-order valence-electron chi connectivity index (χ1n) is 6.91. The normalized spacial score (nSPS) is 20.7. The number of hydrogen-bond donors (Lipinski definition) is 3. The molecule has 0 saturated carbocycles. The molecular weight excluding hydrogens is 296 g/mol. The largest absolute Gasteiger partial charge is 0.465 e. The summed E-state index contributed by atoms with van der Waals surface area (Å²) in [7, 11) is 0. The van der Waals surface area contributed by atoms with Crippen molar-refractivity contribution >= 4 is 11.9 Å². The van der Waals surface area contributed by atoms with E-state index in [2.05, 4.69) is 16.2 Å².